The third kappa shape index (κ3) is 10.8. The summed E-state index contributed by atoms with van der Waals surface area (Å²) in [4.78, 5) is 73.4. The summed E-state index contributed by atoms with van der Waals surface area (Å²) in [6, 6.07) is -6.75. The first kappa shape index (κ1) is 33.0. The zero-order valence-corrected chi connectivity index (χ0v) is 21.3. The second kappa shape index (κ2) is 15.9. The molecule has 0 spiro atoms. The number of hydrogen-bond acceptors (Lipinski definition) is 10. The van der Waals surface area contributed by atoms with Crippen LogP contribution in [0.2, 0.25) is 0 Å². The molecule has 0 unspecified atom stereocenters. The van der Waals surface area contributed by atoms with E-state index in [0.29, 0.717) is 6.42 Å². The molecule has 0 aromatic heterocycles. The Labute approximate surface area is 214 Å². The Kier molecular flexibility index (Phi) is 14.6. The number of amides is 6. The Balaban J connectivity index is 5.72. The number of hydrogen-bond donors (Lipinski definition) is 10. The van der Waals surface area contributed by atoms with Gasteiger partial charge in [-0.2, -0.15) is 12.6 Å². The molecule has 0 saturated carbocycles. The maximum atomic E-state index is 13.1. The topological polar surface area (TPSA) is 269 Å². The van der Waals surface area contributed by atoms with Gasteiger partial charge < -0.3 is 48.7 Å². The van der Waals surface area contributed by atoms with Crippen LogP contribution in [0.25, 0.3) is 0 Å². The van der Waals surface area contributed by atoms with Crippen LogP contribution >= 0.6 is 12.6 Å². The average Bonchev–Trinajstić information content (AvgIpc) is 2.81. The highest BCUT2D eigenvalue weighted by molar-refractivity contribution is 7.80. The Bertz CT molecular complexity index is 813. The van der Waals surface area contributed by atoms with Crippen LogP contribution in [0, 0.1) is 5.92 Å². The lowest BCUT2D eigenvalue weighted by Crippen LogP contribution is -2.61. The summed E-state index contributed by atoms with van der Waals surface area (Å²) in [5.74, 6) is -6.11. The highest BCUT2D eigenvalue weighted by Gasteiger charge is 2.34. The first-order valence-corrected chi connectivity index (χ1v) is 11.8. The van der Waals surface area contributed by atoms with Crippen LogP contribution in [0.5, 0.6) is 0 Å². The van der Waals surface area contributed by atoms with Crippen molar-refractivity contribution in [1.82, 2.24) is 21.3 Å². The Morgan fingerprint density at radius 2 is 1.33 bits per heavy atom. The fraction of sp³-hybridized carbons (Fsp3) is 0.700. The number of nitrogens with two attached hydrogens (primary N) is 3. The molecule has 12 N–H and O–H groups in total. The van der Waals surface area contributed by atoms with E-state index in [1.165, 1.54) is 6.92 Å². The molecule has 0 aromatic carbocycles. The third-order valence-electron chi connectivity index (χ3n) is 5.27. The molecule has 0 heterocycles. The van der Waals surface area contributed by atoms with Gasteiger partial charge in [-0.15, -0.1) is 0 Å². The highest BCUT2D eigenvalue weighted by atomic mass is 32.1. The van der Waals surface area contributed by atoms with Crippen LogP contribution in [-0.2, 0) is 28.8 Å². The first-order valence-electron chi connectivity index (χ1n) is 11.1. The minimum Gasteiger partial charge on any atom is -0.394 e. The molecule has 0 radical (unpaired) electrons. The van der Waals surface area contributed by atoms with Gasteiger partial charge in [-0.1, -0.05) is 20.3 Å². The summed E-state index contributed by atoms with van der Waals surface area (Å²) in [5, 5.41) is 27.9. The predicted octanol–water partition coefficient (Wildman–Crippen LogP) is -5.04. The summed E-state index contributed by atoms with van der Waals surface area (Å²) in [7, 11) is 0. The Morgan fingerprint density at radius 3 is 1.75 bits per heavy atom. The summed E-state index contributed by atoms with van der Waals surface area (Å²) in [5.41, 5.74) is 15.8. The van der Waals surface area contributed by atoms with Crippen LogP contribution in [0.3, 0.4) is 0 Å². The van der Waals surface area contributed by atoms with Crippen LogP contribution in [0.4, 0.5) is 0 Å². The lowest BCUT2D eigenvalue weighted by molar-refractivity contribution is -0.136. The minimum atomic E-state index is -1.55. The van der Waals surface area contributed by atoms with E-state index in [0.717, 1.165) is 0 Å². The van der Waals surface area contributed by atoms with E-state index in [2.05, 4.69) is 33.9 Å². The normalized spacial score (nSPS) is 16.8. The van der Waals surface area contributed by atoms with E-state index in [-0.39, 0.29) is 5.75 Å². The van der Waals surface area contributed by atoms with E-state index in [9.17, 15) is 33.9 Å². The quantitative estimate of drug-likeness (QED) is 0.0846. The molecule has 0 rings (SSSR count). The number of carbonyl (C=O) groups is 6. The van der Waals surface area contributed by atoms with Crippen molar-refractivity contribution < 1.29 is 39.0 Å². The van der Waals surface area contributed by atoms with Gasteiger partial charge in [-0.25, -0.2) is 0 Å². The molecule has 0 fully saturated rings. The predicted molar refractivity (Wildman–Crippen MR) is 131 cm³/mol. The molecule has 0 bridgehead atoms. The molecule has 0 aliphatic carbocycles. The third-order valence-corrected chi connectivity index (χ3v) is 5.63. The number of rotatable bonds is 16. The van der Waals surface area contributed by atoms with Gasteiger partial charge in [0.15, 0.2) is 0 Å². The van der Waals surface area contributed by atoms with Crippen LogP contribution in [0.1, 0.15) is 33.6 Å². The van der Waals surface area contributed by atoms with Gasteiger partial charge in [0.2, 0.25) is 35.4 Å². The molecule has 15 nitrogen and oxygen atoms in total. The zero-order valence-electron chi connectivity index (χ0n) is 20.4. The summed E-state index contributed by atoms with van der Waals surface area (Å²) >= 11 is 4.02. The molecule has 0 saturated heterocycles. The van der Waals surface area contributed by atoms with Crippen LogP contribution in [0.15, 0.2) is 0 Å². The Hall–Kier alpha value is -2.95. The van der Waals surface area contributed by atoms with Gasteiger partial charge in [0, 0.05) is 5.75 Å². The van der Waals surface area contributed by atoms with Crippen molar-refractivity contribution in [3.05, 3.63) is 0 Å². The smallest absolute Gasteiger partial charge is 0.244 e. The van der Waals surface area contributed by atoms with Gasteiger partial charge in [0.25, 0.3) is 0 Å². The zero-order chi connectivity index (χ0) is 28.2. The van der Waals surface area contributed by atoms with Crippen LogP contribution < -0.4 is 38.5 Å². The van der Waals surface area contributed by atoms with Gasteiger partial charge in [-0.3, -0.25) is 28.8 Å². The van der Waals surface area contributed by atoms with E-state index in [1.54, 1.807) is 13.8 Å². The molecule has 0 aliphatic heterocycles. The fourth-order valence-electron chi connectivity index (χ4n) is 2.87. The number of primary amides is 2. The van der Waals surface area contributed by atoms with Crippen molar-refractivity contribution in [2.24, 2.45) is 23.1 Å². The maximum Gasteiger partial charge on any atom is 0.244 e. The van der Waals surface area contributed by atoms with E-state index in [1.807, 2.05) is 0 Å². The first-order chi connectivity index (χ1) is 16.7. The van der Waals surface area contributed by atoms with Crippen molar-refractivity contribution in [3.63, 3.8) is 0 Å². The van der Waals surface area contributed by atoms with E-state index in [4.69, 9.17) is 22.3 Å². The second-order valence-electron chi connectivity index (χ2n) is 8.27. The number of nitrogens with one attached hydrogen (secondary N) is 4. The molecule has 206 valence electrons. The van der Waals surface area contributed by atoms with Gasteiger partial charge >= 0.3 is 0 Å². The molecular weight excluding hydrogens is 498 g/mol. The molecular formula is C20H37N7O8S. The molecule has 16 heteroatoms. The van der Waals surface area contributed by atoms with Crippen molar-refractivity contribution in [2.75, 3.05) is 12.4 Å². The summed E-state index contributed by atoms with van der Waals surface area (Å²) < 4.78 is 0. The number of aliphatic hydroxyl groups excluding tert-OH is 2. The van der Waals surface area contributed by atoms with Gasteiger partial charge in [-0.05, 0) is 12.8 Å². The van der Waals surface area contributed by atoms with Crippen molar-refractivity contribution >= 4 is 48.1 Å². The van der Waals surface area contributed by atoms with Crippen LogP contribution in [-0.4, -0.2) is 94.3 Å². The van der Waals surface area contributed by atoms with E-state index >= 15 is 0 Å². The largest absolute Gasteiger partial charge is 0.394 e. The molecule has 0 aromatic rings. The molecule has 36 heavy (non-hydrogen) atoms. The maximum absolute atomic E-state index is 13.1. The highest BCUT2D eigenvalue weighted by Crippen LogP contribution is 2.10. The SMILES string of the molecule is CC[C@H](C)[C@H](NC(=O)[C@H](CS)NC(=O)[C@@H](N)CO)C(=O)N[C@@H](CC(N)=O)C(=O)N[C@H](C(N)=O)[C@@H](C)O. The average molecular weight is 536 g/mol. The minimum absolute atomic E-state index is 0.162. The Morgan fingerprint density at radius 1 is 0.833 bits per heavy atom. The van der Waals surface area contributed by atoms with Crippen molar-refractivity contribution in [3.8, 4) is 0 Å². The number of aliphatic hydroxyl groups is 2. The second-order valence-corrected chi connectivity index (χ2v) is 8.63. The fourth-order valence-corrected chi connectivity index (χ4v) is 3.12. The number of carbonyl (C=O) groups excluding carboxylic acids is 6. The molecule has 6 amide bonds. The monoisotopic (exact) mass is 535 g/mol. The van der Waals surface area contributed by atoms with Crippen molar-refractivity contribution in [1.29, 1.82) is 0 Å². The standard InChI is InChI=1S/C20H37N7O8S/c1-4-8(2)14(26-19(34)12(7-36)25-17(32)10(21)6-28)20(35)24-11(5-13(22)30)18(33)27-15(9(3)29)16(23)31/h8-12,14-15,28-29,36H,4-7,21H2,1-3H3,(H2,22,30)(H2,23,31)(H,24,35)(H,25,32)(H,26,34)(H,27,33)/t8-,9+,10-,11-,12-,14-,15-/m0/s1. The summed E-state index contributed by atoms with van der Waals surface area (Å²) in [6.07, 6.45) is -1.61. The molecule has 0 aliphatic rings. The van der Waals surface area contributed by atoms with Gasteiger partial charge in [0.05, 0.1) is 19.1 Å². The number of thiol groups is 1. The van der Waals surface area contributed by atoms with Gasteiger partial charge in [0.1, 0.15) is 30.2 Å². The summed E-state index contributed by atoms with van der Waals surface area (Å²) in [6.45, 7) is 3.93. The molecule has 7 atom stereocenters. The van der Waals surface area contributed by atoms with Crippen molar-refractivity contribution in [2.45, 2.75) is 69.9 Å². The lowest BCUT2D eigenvalue weighted by atomic mass is 9.97. The van der Waals surface area contributed by atoms with E-state index < -0.39 is 90.7 Å². The lowest BCUT2D eigenvalue weighted by Gasteiger charge is -2.28.